The van der Waals surface area contributed by atoms with Gasteiger partial charge in [0.2, 0.25) is 0 Å². The molecule has 0 atom stereocenters. The van der Waals surface area contributed by atoms with Crippen molar-refractivity contribution in [2.24, 2.45) is 5.73 Å². The zero-order valence-electron chi connectivity index (χ0n) is 5.67. The fraction of sp³-hybridized carbons (Fsp3) is 0.500. The van der Waals surface area contributed by atoms with Crippen LogP contribution < -0.4 is 5.73 Å². The Hall–Kier alpha value is -1.03. The molecular weight excluding hydrogens is 134 g/mol. The van der Waals surface area contributed by atoms with Gasteiger partial charge in [-0.25, -0.2) is 4.79 Å². The first-order valence-electron chi connectivity index (χ1n) is 2.91. The van der Waals surface area contributed by atoms with E-state index in [1.807, 2.05) is 0 Å². The summed E-state index contributed by atoms with van der Waals surface area (Å²) in [5, 5.41) is 8.27. The lowest BCUT2D eigenvalue weighted by Crippen LogP contribution is -2.14. The number of carbonyl (C=O) groups is 1. The number of rotatable bonds is 4. The van der Waals surface area contributed by atoms with E-state index in [4.69, 9.17) is 10.8 Å². The number of aliphatic hydroxyl groups is 1. The van der Waals surface area contributed by atoms with Crippen LogP contribution in [-0.2, 0) is 9.53 Å². The summed E-state index contributed by atoms with van der Waals surface area (Å²) in [5.74, 6) is -0.617. The smallest absolute Gasteiger partial charge is 0.353 e. The van der Waals surface area contributed by atoms with E-state index in [1.165, 1.54) is 0 Å². The third-order valence-electron chi connectivity index (χ3n) is 0.798. The third-order valence-corrected chi connectivity index (χ3v) is 0.798. The van der Waals surface area contributed by atoms with Crippen molar-refractivity contribution in [3.63, 3.8) is 0 Å². The second-order valence-corrected chi connectivity index (χ2v) is 1.74. The van der Waals surface area contributed by atoms with E-state index >= 15 is 0 Å². The Balaban J connectivity index is 3.31. The zero-order valence-corrected chi connectivity index (χ0v) is 5.67. The molecule has 10 heavy (non-hydrogen) atoms. The normalized spacial score (nSPS) is 8.90. The van der Waals surface area contributed by atoms with Crippen molar-refractivity contribution in [1.29, 1.82) is 0 Å². The van der Waals surface area contributed by atoms with Crippen molar-refractivity contribution in [3.8, 4) is 0 Å². The van der Waals surface area contributed by atoms with Crippen LogP contribution in [0.5, 0.6) is 0 Å². The molecule has 0 unspecified atom stereocenters. The first kappa shape index (κ1) is 8.97. The van der Waals surface area contributed by atoms with Crippen molar-refractivity contribution in [2.75, 3.05) is 13.2 Å². The molecule has 0 amide bonds. The summed E-state index contributed by atoms with van der Waals surface area (Å²) in [5.41, 5.74) is 4.87. The second kappa shape index (κ2) is 4.81. The lowest BCUT2D eigenvalue weighted by atomic mass is 10.5. The van der Waals surface area contributed by atoms with Gasteiger partial charge in [-0.3, -0.25) is 0 Å². The largest absolute Gasteiger partial charge is 0.461 e. The maximum Gasteiger partial charge on any atom is 0.353 e. The van der Waals surface area contributed by atoms with Gasteiger partial charge in [0.1, 0.15) is 5.70 Å². The molecule has 0 saturated carbocycles. The standard InChI is InChI=1S/C6H11NO3/c1-5(7)6(9)10-4-2-3-8/h8H,1-4,7H2. The Labute approximate surface area is 59.3 Å². The van der Waals surface area contributed by atoms with E-state index in [0.29, 0.717) is 6.42 Å². The van der Waals surface area contributed by atoms with Crippen molar-refractivity contribution in [3.05, 3.63) is 12.3 Å². The summed E-state index contributed by atoms with van der Waals surface area (Å²) in [7, 11) is 0. The highest BCUT2D eigenvalue weighted by Crippen LogP contribution is 1.86. The minimum Gasteiger partial charge on any atom is -0.461 e. The molecule has 0 aliphatic carbocycles. The first-order chi connectivity index (χ1) is 4.68. The van der Waals surface area contributed by atoms with Gasteiger partial charge in [-0.1, -0.05) is 6.58 Å². The highest BCUT2D eigenvalue weighted by Gasteiger charge is 2.01. The number of hydrogen-bond donors (Lipinski definition) is 2. The summed E-state index contributed by atoms with van der Waals surface area (Å²) in [6.07, 6.45) is 0.430. The van der Waals surface area contributed by atoms with Gasteiger partial charge >= 0.3 is 5.97 Å². The molecule has 4 nitrogen and oxygen atoms in total. The van der Waals surface area contributed by atoms with E-state index in [1.54, 1.807) is 0 Å². The molecule has 58 valence electrons. The molecule has 0 aliphatic rings. The van der Waals surface area contributed by atoms with Crippen molar-refractivity contribution in [2.45, 2.75) is 6.42 Å². The third kappa shape index (κ3) is 3.91. The van der Waals surface area contributed by atoms with E-state index in [-0.39, 0.29) is 18.9 Å². The minimum absolute atomic E-state index is 0.00429. The van der Waals surface area contributed by atoms with Gasteiger partial charge < -0.3 is 15.6 Å². The Kier molecular flexibility index (Phi) is 4.32. The van der Waals surface area contributed by atoms with E-state index in [9.17, 15) is 4.79 Å². The van der Waals surface area contributed by atoms with Crippen LogP contribution in [-0.4, -0.2) is 24.3 Å². The fourth-order valence-electron chi connectivity index (χ4n) is 0.322. The average Bonchev–Trinajstić information content (AvgIpc) is 1.88. The van der Waals surface area contributed by atoms with Crippen LogP contribution in [0.1, 0.15) is 6.42 Å². The maximum atomic E-state index is 10.5. The molecular formula is C6H11NO3. The van der Waals surface area contributed by atoms with Gasteiger partial charge in [0.05, 0.1) is 6.61 Å². The SMILES string of the molecule is C=C(N)C(=O)OCCCO. The summed E-state index contributed by atoms with van der Waals surface area (Å²) >= 11 is 0. The second-order valence-electron chi connectivity index (χ2n) is 1.74. The summed E-state index contributed by atoms with van der Waals surface area (Å²) in [6.45, 7) is 3.36. The molecule has 0 heterocycles. The maximum absolute atomic E-state index is 10.5. The summed E-state index contributed by atoms with van der Waals surface area (Å²) in [4.78, 5) is 10.5. The lowest BCUT2D eigenvalue weighted by Gasteiger charge is -2.00. The molecule has 4 heteroatoms. The van der Waals surface area contributed by atoms with Crippen molar-refractivity contribution in [1.82, 2.24) is 0 Å². The summed E-state index contributed by atoms with van der Waals surface area (Å²) in [6, 6.07) is 0. The molecule has 0 aromatic rings. The predicted octanol–water partition coefficient (Wildman–Crippen LogP) is -0.616. The van der Waals surface area contributed by atoms with Crippen LogP contribution in [0.4, 0.5) is 0 Å². The van der Waals surface area contributed by atoms with Gasteiger partial charge in [-0.15, -0.1) is 0 Å². The van der Waals surface area contributed by atoms with Gasteiger partial charge in [-0.2, -0.15) is 0 Å². The molecule has 0 bridgehead atoms. The Morgan fingerprint density at radius 2 is 2.30 bits per heavy atom. The molecule has 3 N–H and O–H groups in total. The lowest BCUT2D eigenvalue weighted by molar-refractivity contribution is -0.139. The zero-order chi connectivity index (χ0) is 7.98. The average molecular weight is 145 g/mol. The van der Waals surface area contributed by atoms with Crippen LogP contribution >= 0.6 is 0 Å². The van der Waals surface area contributed by atoms with Gasteiger partial charge in [0.15, 0.2) is 0 Å². The Morgan fingerprint density at radius 1 is 1.70 bits per heavy atom. The minimum atomic E-state index is -0.617. The first-order valence-corrected chi connectivity index (χ1v) is 2.91. The molecule has 0 saturated heterocycles. The van der Waals surface area contributed by atoms with Crippen LogP contribution in [0, 0.1) is 0 Å². The number of esters is 1. The quantitative estimate of drug-likeness (QED) is 0.314. The number of nitrogens with two attached hydrogens (primary N) is 1. The molecule has 0 aliphatic heterocycles. The molecule has 0 radical (unpaired) electrons. The Bertz CT molecular complexity index is 133. The Morgan fingerprint density at radius 3 is 2.70 bits per heavy atom. The van der Waals surface area contributed by atoms with Crippen molar-refractivity contribution >= 4 is 5.97 Å². The van der Waals surface area contributed by atoms with Gasteiger partial charge in [0, 0.05) is 13.0 Å². The van der Waals surface area contributed by atoms with E-state index in [0.717, 1.165) is 0 Å². The molecule has 0 spiro atoms. The van der Waals surface area contributed by atoms with Crippen molar-refractivity contribution < 1.29 is 14.6 Å². The molecule has 0 aromatic heterocycles. The van der Waals surface area contributed by atoms with Gasteiger partial charge in [0.25, 0.3) is 0 Å². The van der Waals surface area contributed by atoms with Crippen LogP contribution in [0.25, 0.3) is 0 Å². The number of ether oxygens (including phenoxy) is 1. The number of carbonyl (C=O) groups excluding carboxylic acids is 1. The van der Waals surface area contributed by atoms with Gasteiger partial charge in [-0.05, 0) is 0 Å². The molecule has 0 rings (SSSR count). The molecule has 0 aromatic carbocycles. The number of hydrogen-bond acceptors (Lipinski definition) is 4. The topological polar surface area (TPSA) is 72.6 Å². The van der Waals surface area contributed by atoms with Crippen LogP contribution in [0.15, 0.2) is 12.3 Å². The van der Waals surface area contributed by atoms with Crippen LogP contribution in [0.3, 0.4) is 0 Å². The number of aliphatic hydroxyl groups excluding tert-OH is 1. The summed E-state index contributed by atoms with van der Waals surface area (Å²) < 4.78 is 4.52. The molecule has 0 fully saturated rings. The predicted molar refractivity (Wildman–Crippen MR) is 36.0 cm³/mol. The highest BCUT2D eigenvalue weighted by molar-refractivity contribution is 5.86. The fourth-order valence-corrected chi connectivity index (χ4v) is 0.322. The van der Waals surface area contributed by atoms with E-state index < -0.39 is 5.97 Å². The van der Waals surface area contributed by atoms with Crippen LogP contribution in [0.2, 0.25) is 0 Å². The monoisotopic (exact) mass is 145 g/mol. The van der Waals surface area contributed by atoms with E-state index in [2.05, 4.69) is 11.3 Å². The highest BCUT2D eigenvalue weighted by atomic mass is 16.5.